The van der Waals surface area contributed by atoms with Crippen LogP contribution in [0.5, 0.6) is 0 Å². The molecule has 0 bridgehead atoms. The minimum atomic E-state index is -4.11. The third-order valence-corrected chi connectivity index (χ3v) is 4.48. The number of hydrogen-bond donors (Lipinski definition) is 1. The zero-order valence-electron chi connectivity index (χ0n) is 12.4. The molecular formula is C14H19ClFNO3S. The topological polar surface area (TPSA) is 63.2 Å². The first-order chi connectivity index (χ1) is 9.52. The number of rotatable bonds is 5. The molecule has 0 heterocycles. The fraction of sp³-hybridized carbons (Fsp3) is 0.500. The number of hydrogen-bond acceptors (Lipinski definition) is 3. The first-order valence-electron chi connectivity index (χ1n) is 6.58. The molecule has 1 amide bonds. The summed E-state index contributed by atoms with van der Waals surface area (Å²) in [7, 11) is 1.15. The quantitative estimate of drug-likeness (QED) is 0.840. The van der Waals surface area contributed by atoms with Crippen molar-refractivity contribution < 1.29 is 17.6 Å². The van der Waals surface area contributed by atoms with Crippen LogP contribution in [0, 0.1) is 18.7 Å². The van der Waals surface area contributed by atoms with Gasteiger partial charge < -0.3 is 5.32 Å². The lowest BCUT2D eigenvalue weighted by Gasteiger charge is -2.17. The molecule has 0 radical (unpaired) electrons. The normalized spacial score (nSPS) is 13.3. The second kappa shape index (κ2) is 6.75. The molecule has 0 saturated heterocycles. The Hall–Kier alpha value is -1.14. The van der Waals surface area contributed by atoms with E-state index in [4.69, 9.17) is 10.7 Å². The number of carbonyl (C=O) groups is 1. The highest BCUT2D eigenvalue weighted by Crippen LogP contribution is 2.24. The van der Waals surface area contributed by atoms with Gasteiger partial charge in [-0.25, -0.2) is 12.8 Å². The molecule has 0 spiro atoms. The van der Waals surface area contributed by atoms with Gasteiger partial charge in [0, 0.05) is 22.3 Å². The highest BCUT2D eigenvalue weighted by Gasteiger charge is 2.22. The minimum Gasteiger partial charge on any atom is -0.350 e. The Kier molecular flexibility index (Phi) is 5.75. The second-order valence-corrected chi connectivity index (χ2v) is 8.05. The van der Waals surface area contributed by atoms with Crippen LogP contribution in [0.15, 0.2) is 17.0 Å². The summed E-state index contributed by atoms with van der Waals surface area (Å²) >= 11 is 0. The molecule has 118 valence electrons. The molecule has 1 N–H and O–H groups in total. The fourth-order valence-corrected chi connectivity index (χ4v) is 3.42. The minimum absolute atomic E-state index is 0.0233. The van der Waals surface area contributed by atoms with Gasteiger partial charge in [-0.2, -0.15) is 0 Å². The van der Waals surface area contributed by atoms with E-state index in [9.17, 15) is 17.6 Å². The summed E-state index contributed by atoms with van der Waals surface area (Å²) in [6, 6.07) is 1.72. The molecule has 0 fully saturated rings. The average Bonchev–Trinajstić information content (AvgIpc) is 2.28. The van der Waals surface area contributed by atoms with Crippen LogP contribution in [0.25, 0.3) is 0 Å². The van der Waals surface area contributed by atoms with Crippen molar-refractivity contribution in [1.82, 2.24) is 5.32 Å². The maximum atomic E-state index is 13.5. The van der Waals surface area contributed by atoms with Crippen molar-refractivity contribution in [2.45, 2.75) is 45.1 Å². The van der Waals surface area contributed by atoms with E-state index >= 15 is 0 Å². The standard InChI is InChI=1S/C14H19ClFNO3S/c1-8(2)5-9(3)17-14(18)12-6-11(16)7-13(10(12)4)21(15,19)20/h6-9H,5H2,1-4H3,(H,17,18). The van der Waals surface area contributed by atoms with Gasteiger partial charge in [-0.3, -0.25) is 4.79 Å². The lowest BCUT2D eigenvalue weighted by molar-refractivity contribution is 0.0934. The molecule has 0 aliphatic carbocycles. The van der Waals surface area contributed by atoms with E-state index in [1.807, 2.05) is 20.8 Å². The molecule has 1 aromatic carbocycles. The molecule has 1 unspecified atom stereocenters. The van der Waals surface area contributed by atoms with Crippen LogP contribution in [-0.4, -0.2) is 20.4 Å². The number of carbonyl (C=O) groups excluding carboxylic acids is 1. The zero-order chi connectivity index (χ0) is 16.4. The Balaban J connectivity index is 3.14. The highest BCUT2D eigenvalue weighted by molar-refractivity contribution is 8.13. The number of amides is 1. The molecule has 21 heavy (non-hydrogen) atoms. The van der Waals surface area contributed by atoms with Crippen LogP contribution in [-0.2, 0) is 9.05 Å². The van der Waals surface area contributed by atoms with Crippen molar-refractivity contribution in [3.05, 3.63) is 29.1 Å². The third-order valence-electron chi connectivity index (χ3n) is 3.03. The van der Waals surface area contributed by atoms with Crippen LogP contribution in [0.1, 0.15) is 43.1 Å². The number of halogens is 2. The Morgan fingerprint density at radius 3 is 2.38 bits per heavy atom. The van der Waals surface area contributed by atoms with Crippen LogP contribution >= 0.6 is 10.7 Å². The summed E-state index contributed by atoms with van der Waals surface area (Å²) in [4.78, 5) is 11.8. The van der Waals surface area contributed by atoms with Gasteiger partial charge in [0.1, 0.15) is 5.82 Å². The van der Waals surface area contributed by atoms with Gasteiger partial charge in [-0.1, -0.05) is 13.8 Å². The summed E-state index contributed by atoms with van der Waals surface area (Å²) in [5.41, 5.74) is 0.116. The molecule has 1 rings (SSSR count). The van der Waals surface area contributed by atoms with E-state index in [1.54, 1.807) is 0 Å². The van der Waals surface area contributed by atoms with Crippen molar-refractivity contribution in [2.75, 3.05) is 0 Å². The van der Waals surface area contributed by atoms with Gasteiger partial charge >= 0.3 is 0 Å². The van der Waals surface area contributed by atoms with Gasteiger partial charge in [0.25, 0.3) is 15.0 Å². The second-order valence-electron chi connectivity index (χ2n) is 5.52. The molecular weight excluding hydrogens is 317 g/mol. The first-order valence-corrected chi connectivity index (χ1v) is 8.89. The molecule has 1 aromatic rings. The Morgan fingerprint density at radius 2 is 1.90 bits per heavy atom. The predicted molar refractivity (Wildman–Crippen MR) is 80.6 cm³/mol. The van der Waals surface area contributed by atoms with Crippen molar-refractivity contribution >= 4 is 25.6 Å². The van der Waals surface area contributed by atoms with Gasteiger partial charge in [0.15, 0.2) is 0 Å². The van der Waals surface area contributed by atoms with E-state index in [-0.39, 0.29) is 22.1 Å². The fourth-order valence-electron chi connectivity index (χ4n) is 2.21. The Labute approximate surface area is 129 Å². The summed E-state index contributed by atoms with van der Waals surface area (Å²) < 4.78 is 36.4. The maximum absolute atomic E-state index is 13.5. The van der Waals surface area contributed by atoms with Crippen LogP contribution in [0.3, 0.4) is 0 Å². The molecule has 0 aliphatic rings. The summed E-state index contributed by atoms with van der Waals surface area (Å²) in [6.45, 7) is 7.31. The SMILES string of the molecule is Cc1c(C(=O)NC(C)CC(C)C)cc(F)cc1S(=O)(=O)Cl. The van der Waals surface area contributed by atoms with E-state index in [1.165, 1.54) is 6.92 Å². The molecule has 0 saturated carbocycles. The van der Waals surface area contributed by atoms with Crippen molar-refractivity contribution in [2.24, 2.45) is 5.92 Å². The highest BCUT2D eigenvalue weighted by atomic mass is 35.7. The molecule has 1 atom stereocenters. The van der Waals surface area contributed by atoms with Crippen molar-refractivity contribution in [3.63, 3.8) is 0 Å². The van der Waals surface area contributed by atoms with Crippen molar-refractivity contribution in [3.8, 4) is 0 Å². The van der Waals surface area contributed by atoms with Gasteiger partial charge in [-0.15, -0.1) is 0 Å². The third kappa shape index (κ3) is 4.97. The first kappa shape index (κ1) is 17.9. The smallest absolute Gasteiger partial charge is 0.261 e. The summed E-state index contributed by atoms with van der Waals surface area (Å²) in [6.07, 6.45) is 0.765. The Morgan fingerprint density at radius 1 is 1.33 bits per heavy atom. The van der Waals surface area contributed by atoms with Crippen LogP contribution in [0.4, 0.5) is 4.39 Å². The Bertz CT molecular complexity index is 644. The molecule has 7 heteroatoms. The van der Waals surface area contributed by atoms with Gasteiger partial charge in [0.05, 0.1) is 4.90 Å². The monoisotopic (exact) mass is 335 g/mol. The largest absolute Gasteiger partial charge is 0.350 e. The predicted octanol–water partition coefficient (Wildman–Crippen LogP) is 3.23. The van der Waals surface area contributed by atoms with Crippen LogP contribution < -0.4 is 5.32 Å². The molecule has 0 aromatic heterocycles. The maximum Gasteiger partial charge on any atom is 0.261 e. The average molecular weight is 336 g/mol. The van der Waals surface area contributed by atoms with Crippen molar-refractivity contribution in [1.29, 1.82) is 0 Å². The van der Waals surface area contributed by atoms with Gasteiger partial charge in [0.2, 0.25) is 0 Å². The molecule has 0 aliphatic heterocycles. The van der Waals surface area contributed by atoms with Gasteiger partial charge in [-0.05, 0) is 43.9 Å². The molecule has 4 nitrogen and oxygen atoms in total. The summed E-state index contributed by atoms with van der Waals surface area (Å²) in [5, 5.41) is 2.73. The lowest BCUT2D eigenvalue weighted by atomic mass is 10.0. The van der Waals surface area contributed by atoms with E-state index in [0.717, 1.165) is 18.6 Å². The lowest BCUT2D eigenvalue weighted by Crippen LogP contribution is -2.34. The van der Waals surface area contributed by atoms with E-state index < -0.39 is 20.8 Å². The number of nitrogens with one attached hydrogen (secondary N) is 1. The van der Waals surface area contributed by atoms with E-state index in [0.29, 0.717) is 5.92 Å². The summed E-state index contributed by atoms with van der Waals surface area (Å²) in [5.74, 6) is -0.934. The number of benzene rings is 1. The van der Waals surface area contributed by atoms with E-state index in [2.05, 4.69) is 5.32 Å². The van der Waals surface area contributed by atoms with Crippen LogP contribution in [0.2, 0.25) is 0 Å². The zero-order valence-corrected chi connectivity index (χ0v) is 14.0.